The third-order valence-electron chi connectivity index (χ3n) is 8.49. The summed E-state index contributed by atoms with van der Waals surface area (Å²) >= 11 is 0. The van der Waals surface area contributed by atoms with Gasteiger partial charge in [0, 0.05) is 49.8 Å². The average molecular weight is 565 g/mol. The maximum absolute atomic E-state index is 13.1. The quantitative estimate of drug-likeness (QED) is 0.435. The molecule has 2 atom stereocenters. The number of hydrogen-bond donors (Lipinski definition) is 1. The molecular weight excluding hydrogens is 532 g/mol. The van der Waals surface area contributed by atoms with Crippen LogP contribution in [0.15, 0.2) is 60.8 Å². The Morgan fingerprint density at radius 1 is 1.05 bits per heavy atom. The fourth-order valence-corrected chi connectivity index (χ4v) is 5.96. The molecule has 3 aliphatic heterocycles. The van der Waals surface area contributed by atoms with Crippen LogP contribution >= 0.6 is 0 Å². The van der Waals surface area contributed by atoms with Crippen LogP contribution in [0, 0.1) is 11.3 Å². The molecule has 0 saturated carbocycles. The lowest BCUT2D eigenvalue weighted by molar-refractivity contribution is -0.136. The Morgan fingerprint density at radius 3 is 2.52 bits per heavy atom. The molecule has 10 nitrogen and oxygen atoms in total. The van der Waals surface area contributed by atoms with E-state index in [2.05, 4.69) is 57.4 Å². The van der Waals surface area contributed by atoms with E-state index in [1.165, 1.54) is 10.5 Å². The first-order valence-electron chi connectivity index (χ1n) is 14.2. The van der Waals surface area contributed by atoms with Crippen molar-refractivity contribution >= 4 is 23.4 Å². The Morgan fingerprint density at radius 2 is 1.83 bits per heavy atom. The number of nitriles is 1. The number of carbonyl (C=O) groups excluding carboxylic acids is 3. The summed E-state index contributed by atoms with van der Waals surface area (Å²) in [5.74, 6) is -0.305. The zero-order valence-electron chi connectivity index (χ0n) is 23.5. The predicted molar refractivity (Wildman–Crippen MR) is 154 cm³/mol. The van der Waals surface area contributed by atoms with E-state index >= 15 is 0 Å². The Balaban J connectivity index is 1.04. The molecule has 3 aliphatic rings. The van der Waals surface area contributed by atoms with E-state index in [0.29, 0.717) is 30.0 Å². The van der Waals surface area contributed by atoms with Gasteiger partial charge in [-0.15, -0.1) is 0 Å². The molecule has 0 aliphatic carbocycles. The number of benzene rings is 2. The van der Waals surface area contributed by atoms with Crippen molar-refractivity contribution in [2.45, 2.75) is 45.0 Å². The van der Waals surface area contributed by atoms with Crippen LogP contribution in [0.3, 0.4) is 0 Å². The molecule has 3 aromatic rings. The van der Waals surface area contributed by atoms with Gasteiger partial charge in [-0.1, -0.05) is 30.3 Å². The van der Waals surface area contributed by atoms with Crippen LogP contribution in [0.5, 0.6) is 5.75 Å². The van der Waals surface area contributed by atoms with Gasteiger partial charge in [0.15, 0.2) is 0 Å². The van der Waals surface area contributed by atoms with E-state index in [-0.39, 0.29) is 30.8 Å². The first kappa shape index (κ1) is 27.4. The minimum Gasteiger partial charge on any atom is -0.489 e. The fraction of sp³-hybridized carbons (Fsp3) is 0.344. The molecule has 6 rings (SSSR count). The number of hydrogen-bond acceptors (Lipinski definition) is 8. The van der Waals surface area contributed by atoms with Crippen LogP contribution in [0.25, 0.3) is 0 Å². The number of pyridine rings is 1. The highest BCUT2D eigenvalue weighted by atomic mass is 16.5. The molecule has 1 aromatic heterocycles. The Kier molecular flexibility index (Phi) is 7.59. The van der Waals surface area contributed by atoms with Crippen LogP contribution in [0.2, 0.25) is 0 Å². The van der Waals surface area contributed by atoms with Crippen molar-refractivity contribution in [3.8, 4) is 11.8 Å². The predicted octanol–water partition coefficient (Wildman–Crippen LogP) is 3.18. The molecule has 214 valence electrons. The molecule has 4 heterocycles. The fourth-order valence-electron chi connectivity index (χ4n) is 5.96. The van der Waals surface area contributed by atoms with E-state index in [0.717, 1.165) is 43.0 Å². The summed E-state index contributed by atoms with van der Waals surface area (Å²) in [6.45, 7) is 6.52. The van der Waals surface area contributed by atoms with Crippen molar-refractivity contribution in [1.29, 1.82) is 5.26 Å². The molecule has 1 unspecified atom stereocenters. The molecule has 2 aromatic carbocycles. The van der Waals surface area contributed by atoms with Gasteiger partial charge in [0.25, 0.3) is 5.91 Å². The summed E-state index contributed by atoms with van der Waals surface area (Å²) in [4.78, 5) is 47.5. The van der Waals surface area contributed by atoms with Crippen LogP contribution in [-0.4, -0.2) is 64.7 Å². The number of nitrogens with one attached hydrogen (secondary N) is 1. The van der Waals surface area contributed by atoms with Gasteiger partial charge in [-0.25, -0.2) is 4.98 Å². The van der Waals surface area contributed by atoms with Crippen LogP contribution in [0.4, 0.5) is 5.69 Å². The summed E-state index contributed by atoms with van der Waals surface area (Å²) < 4.78 is 6.18. The van der Waals surface area contributed by atoms with Crippen molar-refractivity contribution < 1.29 is 19.1 Å². The molecule has 10 heteroatoms. The monoisotopic (exact) mass is 564 g/mol. The zero-order chi connectivity index (χ0) is 29.2. The summed E-state index contributed by atoms with van der Waals surface area (Å²) in [5.41, 5.74) is 5.04. The molecule has 0 radical (unpaired) electrons. The van der Waals surface area contributed by atoms with Gasteiger partial charge < -0.3 is 14.5 Å². The summed E-state index contributed by atoms with van der Waals surface area (Å²) in [5, 5.41) is 11.3. The number of fused-ring (bicyclic) bond motifs is 1. The van der Waals surface area contributed by atoms with E-state index in [1.807, 2.05) is 12.1 Å². The third kappa shape index (κ3) is 5.43. The molecular formula is C32H32N6O4. The van der Waals surface area contributed by atoms with E-state index in [4.69, 9.17) is 10.00 Å². The van der Waals surface area contributed by atoms with Crippen LogP contribution in [-0.2, 0) is 22.7 Å². The van der Waals surface area contributed by atoms with E-state index in [9.17, 15) is 14.4 Å². The maximum Gasteiger partial charge on any atom is 0.255 e. The number of anilines is 1. The average Bonchev–Trinajstić information content (AvgIpc) is 3.36. The summed E-state index contributed by atoms with van der Waals surface area (Å²) in [6.07, 6.45) is 2.32. The van der Waals surface area contributed by atoms with Gasteiger partial charge in [0.05, 0.1) is 18.4 Å². The van der Waals surface area contributed by atoms with Gasteiger partial charge in [0.2, 0.25) is 11.8 Å². The molecule has 3 amide bonds. The van der Waals surface area contributed by atoms with Crippen molar-refractivity contribution in [1.82, 2.24) is 20.1 Å². The number of carbonyl (C=O) groups is 3. The lowest BCUT2D eigenvalue weighted by atomic mass is 10.0. The van der Waals surface area contributed by atoms with E-state index < -0.39 is 11.9 Å². The van der Waals surface area contributed by atoms with Crippen molar-refractivity contribution in [3.05, 3.63) is 88.7 Å². The molecule has 42 heavy (non-hydrogen) atoms. The molecule has 0 spiro atoms. The van der Waals surface area contributed by atoms with Gasteiger partial charge in [-0.3, -0.25) is 24.6 Å². The highest BCUT2D eigenvalue weighted by Crippen LogP contribution is 2.34. The number of nitrogens with zero attached hydrogens (tertiary/aromatic N) is 5. The SMILES string of the molecule is C[C@H](c1ccc(COc2cccc3c2CN(C2CCC(=O)NC2=O)C3=O)cc1)N1CCN(c2ccc(C#N)nc2)CC1. The second kappa shape index (κ2) is 11.6. The van der Waals surface area contributed by atoms with E-state index in [1.54, 1.807) is 24.4 Å². The second-order valence-electron chi connectivity index (χ2n) is 10.9. The van der Waals surface area contributed by atoms with Gasteiger partial charge in [-0.05, 0) is 48.7 Å². The maximum atomic E-state index is 13.1. The largest absolute Gasteiger partial charge is 0.489 e. The Hall–Kier alpha value is -4.75. The Bertz CT molecular complexity index is 1540. The van der Waals surface area contributed by atoms with Crippen molar-refractivity contribution in [2.75, 3.05) is 31.1 Å². The highest BCUT2D eigenvalue weighted by molar-refractivity contribution is 6.05. The first-order chi connectivity index (χ1) is 20.4. The summed E-state index contributed by atoms with van der Waals surface area (Å²) in [6, 6.07) is 19.2. The number of imide groups is 1. The Labute approximate surface area is 244 Å². The number of piperazine rings is 1. The molecule has 0 bridgehead atoms. The minimum atomic E-state index is -0.652. The zero-order valence-corrected chi connectivity index (χ0v) is 23.5. The highest BCUT2D eigenvalue weighted by Gasteiger charge is 2.40. The number of ether oxygens (including phenoxy) is 1. The van der Waals surface area contributed by atoms with Crippen LogP contribution < -0.4 is 15.0 Å². The standard InChI is InChI=1S/C32H32N6O4/c1-21(36-13-15-37(16-14-36)25-10-9-24(17-33)34-18-25)23-7-5-22(6-8-23)20-42-29-4-2-3-26-27(29)19-38(32(26)41)28-11-12-30(39)35-31(28)40/h2-10,18,21,28H,11-16,19-20H2,1H3,(H,35,39,40)/t21-,28?/m1/s1. The van der Waals surface area contributed by atoms with Gasteiger partial charge in [0.1, 0.15) is 30.2 Å². The van der Waals surface area contributed by atoms with Crippen molar-refractivity contribution in [3.63, 3.8) is 0 Å². The van der Waals surface area contributed by atoms with Crippen LogP contribution in [0.1, 0.15) is 58.5 Å². The number of rotatable bonds is 7. The van der Waals surface area contributed by atoms with Gasteiger partial charge >= 0.3 is 0 Å². The topological polar surface area (TPSA) is 119 Å². The second-order valence-corrected chi connectivity index (χ2v) is 10.9. The lowest BCUT2D eigenvalue weighted by Crippen LogP contribution is -2.52. The molecule has 2 saturated heterocycles. The minimum absolute atomic E-state index is 0.210. The molecule has 2 fully saturated rings. The third-order valence-corrected chi connectivity index (χ3v) is 8.49. The number of amides is 3. The smallest absolute Gasteiger partial charge is 0.255 e. The first-order valence-corrected chi connectivity index (χ1v) is 14.2. The lowest BCUT2D eigenvalue weighted by Gasteiger charge is -2.39. The molecule has 1 N–H and O–H groups in total. The number of aromatic nitrogens is 1. The van der Waals surface area contributed by atoms with Crippen molar-refractivity contribution in [2.24, 2.45) is 0 Å². The normalized spacial score (nSPS) is 19.7. The van der Waals surface area contributed by atoms with Gasteiger partial charge in [-0.2, -0.15) is 5.26 Å². The number of piperidine rings is 1. The summed E-state index contributed by atoms with van der Waals surface area (Å²) in [7, 11) is 0.